The zero-order valence-electron chi connectivity index (χ0n) is 66.9. The maximum atomic E-state index is 5.36. The molecule has 0 atom stereocenters. The Kier molecular flexibility index (Phi) is 16.1. The topological polar surface area (TPSA) is 76.2 Å². The lowest BCUT2D eigenvalue weighted by atomic mass is 9.82. The van der Waals surface area contributed by atoms with Crippen molar-refractivity contribution >= 4 is 109 Å². The number of pyridine rings is 1. The van der Waals surface area contributed by atoms with Crippen LogP contribution in [0.4, 0.5) is 0 Å². The maximum absolute atomic E-state index is 5.36. The van der Waals surface area contributed by atoms with Gasteiger partial charge in [-0.15, -0.1) is 0 Å². The average Bonchev–Trinajstić information content (AvgIpc) is 1.58. The summed E-state index contributed by atoms with van der Waals surface area (Å²) in [5.74, 6) is 2.75. The predicted octanol–water partition coefficient (Wildman–Crippen LogP) is 28.7. The Morgan fingerprint density at radius 1 is 0.189 bits per heavy atom. The third kappa shape index (κ3) is 11.3. The number of fused-ring (bicyclic) bond motifs is 18. The number of rotatable bonds is 11. The van der Waals surface area contributed by atoms with Gasteiger partial charge in [0.05, 0.1) is 60.9 Å². The van der Waals surface area contributed by atoms with Crippen LogP contribution >= 0.6 is 0 Å². The van der Waals surface area contributed by atoms with E-state index in [2.05, 4.69) is 395 Å². The summed E-state index contributed by atoms with van der Waals surface area (Å²) in [6.45, 7) is 4.72. The van der Waals surface area contributed by atoms with E-state index >= 15 is 0 Å². The molecule has 24 aromatic rings. The largest absolute Gasteiger partial charge is 0.309 e. The van der Waals surface area contributed by atoms with E-state index in [1.807, 2.05) is 60.7 Å². The fourth-order valence-electron chi connectivity index (χ4n) is 19.5. The monoisotopic (exact) mass is 1560 g/mol. The van der Waals surface area contributed by atoms with E-state index in [0.717, 1.165) is 94.8 Å². The first-order valence-corrected chi connectivity index (χ1v) is 41.7. The highest BCUT2D eigenvalue weighted by atomic mass is 15.2. The third-order valence-electron chi connectivity index (χ3n) is 25.2. The summed E-state index contributed by atoms with van der Waals surface area (Å²) in [7, 11) is 0. The molecule has 0 bridgehead atoms. The number of aromatic nitrogens is 9. The molecule has 122 heavy (non-hydrogen) atoms. The quantitative estimate of drug-likeness (QED) is 0.129. The van der Waals surface area contributed by atoms with Crippen LogP contribution in [0.15, 0.2) is 419 Å². The van der Waals surface area contributed by atoms with Crippen LogP contribution in [0.25, 0.3) is 216 Å². The van der Waals surface area contributed by atoms with E-state index in [0.29, 0.717) is 17.6 Å². The van der Waals surface area contributed by atoms with E-state index < -0.39 is 0 Å². The molecule has 572 valence electrons. The van der Waals surface area contributed by atoms with Crippen LogP contribution in [0.5, 0.6) is 0 Å². The Balaban J connectivity index is 0.000000138. The molecule has 25 rings (SSSR count). The third-order valence-corrected chi connectivity index (χ3v) is 25.2. The smallest absolute Gasteiger partial charge is 0.238 e. The molecule has 0 spiro atoms. The minimum Gasteiger partial charge on any atom is -0.309 e. The van der Waals surface area contributed by atoms with Crippen molar-refractivity contribution in [1.82, 2.24) is 42.8 Å². The fraction of sp³-hybridized carbons (Fsp3) is 0.0265. The summed E-state index contributed by atoms with van der Waals surface area (Å²) in [5, 5.41) is 12.1. The lowest BCUT2D eigenvalue weighted by Gasteiger charge is -2.21. The van der Waals surface area contributed by atoms with Gasteiger partial charge in [0.15, 0.2) is 11.6 Å². The van der Waals surface area contributed by atoms with Gasteiger partial charge in [0.1, 0.15) is 5.82 Å². The standard InChI is InChI=1S/C59H38N4.C54H37N5/c1-5-17-39(18-6-1)43-35-52(40-19-7-2-8-20-40)60-59(36-43)63-54-28-16-14-25-46(54)48-33-41(30-32-56(48)63)42-29-31-55-49(34-42)51-38-57-50(37-58(51)62(55)45-23-11-4-12-24-45)47-26-13-15-27-53(47)61(57)44-21-9-3-10-22-44;1-54(2)45-24-14-12-22-39(45)41-33-50-44(32-46(41)54)43-31-37(26-28-48(43)58(50)38-20-10-5-11-21-38)36-27-29-49-42(30-36)40-23-13-15-25-47(40)59(49)53-56-51(34-16-6-3-7-17-34)55-52(57-53)35-18-8-4-9-19-35/h1-38H;3-33H,1-2H3. The van der Waals surface area contributed by atoms with Crippen molar-refractivity contribution in [2.24, 2.45) is 0 Å². The molecule has 1 aliphatic rings. The van der Waals surface area contributed by atoms with Crippen molar-refractivity contribution in [3.63, 3.8) is 0 Å². The van der Waals surface area contributed by atoms with Crippen LogP contribution in [0.2, 0.25) is 0 Å². The van der Waals surface area contributed by atoms with Gasteiger partial charge in [-0.05, 0) is 195 Å². The van der Waals surface area contributed by atoms with Gasteiger partial charge in [-0.1, -0.05) is 293 Å². The van der Waals surface area contributed by atoms with Crippen molar-refractivity contribution in [2.75, 3.05) is 0 Å². The average molecular weight is 1560 g/mol. The molecule has 7 aromatic heterocycles. The lowest BCUT2D eigenvalue weighted by Crippen LogP contribution is -2.14. The summed E-state index contributed by atoms with van der Waals surface area (Å²) in [4.78, 5) is 20.6. The number of hydrogen-bond acceptors (Lipinski definition) is 4. The molecule has 0 amide bonds. The Bertz CT molecular complexity index is 8190. The molecule has 0 unspecified atom stereocenters. The zero-order valence-corrected chi connectivity index (χ0v) is 66.9. The fourth-order valence-corrected chi connectivity index (χ4v) is 19.5. The highest BCUT2D eigenvalue weighted by molar-refractivity contribution is 6.21. The molecular formula is C113H75N9. The molecule has 0 radical (unpaired) electrons. The van der Waals surface area contributed by atoms with Gasteiger partial charge in [-0.25, -0.2) is 9.97 Å². The molecule has 7 heterocycles. The first-order valence-electron chi connectivity index (χ1n) is 41.7. The van der Waals surface area contributed by atoms with Crippen molar-refractivity contribution < 1.29 is 0 Å². The molecular weight excluding hydrogens is 1480 g/mol. The number of benzene rings is 17. The normalized spacial score (nSPS) is 12.4. The Morgan fingerprint density at radius 2 is 0.525 bits per heavy atom. The van der Waals surface area contributed by atoms with Crippen LogP contribution in [0, 0.1) is 0 Å². The first kappa shape index (κ1) is 70.1. The van der Waals surface area contributed by atoms with Gasteiger partial charge in [-0.2, -0.15) is 9.97 Å². The molecule has 0 N–H and O–H groups in total. The summed E-state index contributed by atoms with van der Waals surface area (Å²) in [6, 6.07) is 150. The second-order valence-corrected chi connectivity index (χ2v) is 32.5. The number of nitrogens with zero attached hydrogens (tertiary/aromatic N) is 9. The van der Waals surface area contributed by atoms with E-state index in [4.69, 9.17) is 19.9 Å². The van der Waals surface area contributed by atoms with Crippen LogP contribution < -0.4 is 0 Å². The SMILES string of the molecule is CC1(C)c2ccccc2-c2cc3c(cc21)c1cc(-c2ccc4c(c2)c2ccccc2n4-c2nc(-c4ccccc4)nc(-c4ccccc4)n2)ccc1n3-c1ccccc1.c1ccc(-c2cc(-c3ccccc3)nc(-n3c4ccccc4c4cc(-c5ccc6c(c5)c5cc7c(cc5n6-c5ccccc5)c5ccccc5n7-c5ccccc5)ccc43)c2)cc1. The summed E-state index contributed by atoms with van der Waals surface area (Å²) in [5.41, 5.74) is 31.2. The van der Waals surface area contributed by atoms with Crippen molar-refractivity contribution in [3.05, 3.63) is 430 Å². The van der Waals surface area contributed by atoms with Gasteiger partial charge in [0.25, 0.3) is 0 Å². The lowest BCUT2D eigenvalue weighted by molar-refractivity contribution is 0.661. The van der Waals surface area contributed by atoms with Gasteiger partial charge in [-0.3, -0.25) is 9.13 Å². The summed E-state index contributed by atoms with van der Waals surface area (Å²) >= 11 is 0. The molecule has 0 saturated heterocycles. The van der Waals surface area contributed by atoms with Gasteiger partial charge in [0.2, 0.25) is 5.95 Å². The second-order valence-electron chi connectivity index (χ2n) is 32.5. The van der Waals surface area contributed by atoms with Crippen LogP contribution in [-0.2, 0) is 5.41 Å². The minimum absolute atomic E-state index is 0.0968. The van der Waals surface area contributed by atoms with Gasteiger partial charge in [0, 0.05) is 93.0 Å². The van der Waals surface area contributed by atoms with E-state index in [9.17, 15) is 0 Å². The molecule has 0 aliphatic heterocycles. The Hall–Kier alpha value is -16.1. The molecule has 0 fully saturated rings. The molecule has 17 aromatic carbocycles. The van der Waals surface area contributed by atoms with E-state index in [1.54, 1.807) is 0 Å². The molecule has 0 saturated carbocycles. The maximum Gasteiger partial charge on any atom is 0.238 e. The van der Waals surface area contributed by atoms with Crippen molar-refractivity contribution in [2.45, 2.75) is 19.3 Å². The van der Waals surface area contributed by atoms with Crippen molar-refractivity contribution in [1.29, 1.82) is 0 Å². The first-order chi connectivity index (χ1) is 60.3. The van der Waals surface area contributed by atoms with Gasteiger partial charge >= 0.3 is 0 Å². The molecule has 1 aliphatic carbocycles. The van der Waals surface area contributed by atoms with Crippen LogP contribution in [-0.4, -0.2) is 42.8 Å². The summed E-state index contributed by atoms with van der Waals surface area (Å²) < 4.78 is 11.8. The highest BCUT2D eigenvalue weighted by Crippen LogP contribution is 2.52. The van der Waals surface area contributed by atoms with Gasteiger partial charge < -0.3 is 13.7 Å². The minimum atomic E-state index is -0.0968. The van der Waals surface area contributed by atoms with Crippen molar-refractivity contribution in [3.8, 4) is 107 Å². The molecule has 9 nitrogen and oxygen atoms in total. The molecule has 9 heteroatoms. The Labute approximate surface area is 703 Å². The van der Waals surface area contributed by atoms with E-state index in [1.165, 1.54) is 115 Å². The zero-order chi connectivity index (χ0) is 80.7. The summed E-state index contributed by atoms with van der Waals surface area (Å²) in [6.07, 6.45) is 0. The Morgan fingerprint density at radius 3 is 1.00 bits per heavy atom. The predicted molar refractivity (Wildman–Crippen MR) is 506 cm³/mol. The van der Waals surface area contributed by atoms with Crippen LogP contribution in [0.3, 0.4) is 0 Å². The number of para-hydroxylation sites is 6. The number of hydrogen-bond donors (Lipinski definition) is 0. The highest BCUT2D eigenvalue weighted by Gasteiger charge is 2.37. The van der Waals surface area contributed by atoms with Crippen LogP contribution in [0.1, 0.15) is 25.0 Å². The van der Waals surface area contributed by atoms with E-state index in [-0.39, 0.29) is 5.41 Å². The second kappa shape index (κ2) is 28.1.